The van der Waals surface area contributed by atoms with E-state index in [9.17, 15) is 9.59 Å². The van der Waals surface area contributed by atoms with Crippen molar-refractivity contribution in [2.24, 2.45) is 0 Å². The van der Waals surface area contributed by atoms with E-state index >= 15 is 0 Å². The summed E-state index contributed by atoms with van der Waals surface area (Å²) in [6.45, 7) is 1.75. The SMILES string of the molecule is CC1=C(C(=O)OC2CCCCCCC2)[C@@H](c2ccc(Br)cc2)NC(=O)N1. The summed E-state index contributed by atoms with van der Waals surface area (Å²) in [6.07, 6.45) is 7.67. The predicted octanol–water partition coefficient (Wildman–Crippen LogP) is 4.73. The third-order valence-electron chi connectivity index (χ3n) is 5.02. The van der Waals surface area contributed by atoms with Crippen molar-refractivity contribution in [2.75, 3.05) is 0 Å². The van der Waals surface area contributed by atoms with Gasteiger partial charge in [-0.2, -0.15) is 0 Å². The molecular weight excluding hydrogens is 396 g/mol. The number of rotatable bonds is 3. The Labute approximate surface area is 162 Å². The van der Waals surface area contributed by atoms with Crippen molar-refractivity contribution >= 4 is 27.9 Å². The third-order valence-corrected chi connectivity index (χ3v) is 5.55. The first-order valence-electron chi connectivity index (χ1n) is 9.29. The monoisotopic (exact) mass is 420 g/mol. The van der Waals surface area contributed by atoms with Gasteiger partial charge in [-0.3, -0.25) is 0 Å². The van der Waals surface area contributed by atoms with Crippen molar-refractivity contribution in [3.05, 3.63) is 45.6 Å². The Bertz CT molecular complexity index is 692. The number of amides is 2. The van der Waals surface area contributed by atoms with E-state index in [1.807, 2.05) is 24.3 Å². The minimum absolute atomic E-state index is 0.0358. The van der Waals surface area contributed by atoms with Gasteiger partial charge in [0.05, 0.1) is 11.6 Å². The van der Waals surface area contributed by atoms with E-state index < -0.39 is 6.04 Å². The number of carbonyl (C=O) groups excluding carboxylic acids is 2. The molecule has 5 nitrogen and oxygen atoms in total. The fraction of sp³-hybridized carbons (Fsp3) is 0.500. The number of carbonyl (C=O) groups is 2. The molecule has 0 saturated heterocycles. The van der Waals surface area contributed by atoms with Gasteiger partial charge in [0.1, 0.15) is 6.10 Å². The highest BCUT2D eigenvalue weighted by Gasteiger charge is 2.33. The van der Waals surface area contributed by atoms with E-state index in [0.717, 1.165) is 35.7 Å². The van der Waals surface area contributed by atoms with Crippen LogP contribution in [-0.2, 0) is 9.53 Å². The Hall–Kier alpha value is -1.82. The van der Waals surface area contributed by atoms with E-state index in [-0.39, 0.29) is 18.1 Å². The summed E-state index contributed by atoms with van der Waals surface area (Å²) in [5.74, 6) is -0.339. The topological polar surface area (TPSA) is 67.4 Å². The van der Waals surface area contributed by atoms with Crippen LogP contribution in [0.2, 0.25) is 0 Å². The van der Waals surface area contributed by atoms with Gasteiger partial charge in [0.25, 0.3) is 0 Å². The summed E-state index contributed by atoms with van der Waals surface area (Å²) >= 11 is 3.41. The molecule has 1 aromatic carbocycles. The summed E-state index contributed by atoms with van der Waals surface area (Å²) in [5, 5.41) is 5.55. The Morgan fingerprint density at radius 1 is 1.08 bits per heavy atom. The molecule has 2 N–H and O–H groups in total. The molecule has 6 heteroatoms. The molecule has 0 unspecified atom stereocenters. The molecule has 1 saturated carbocycles. The highest BCUT2D eigenvalue weighted by molar-refractivity contribution is 9.10. The number of ether oxygens (including phenoxy) is 1. The number of hydrogen-bond donors (Lipinski definition) is 2. The van der Waals surface area contributed by atoms with Gasteiger partial charge in [0, 0.05) is 10.2 Å². The normalized spacial score (nSPS) is 22.1. The number of halogens is 1. The fourth-order valence-corrected chi connectivity index (χ4v) is 3.89. The summed E-state index contributed by atoms with van der Waals surface area (Å²) in [4.78, 5) is 24.9. The lowest BCUT2D eigenvalue weighted by atomic mass is 9.95. The lowest BCUT2D eigenvalue weighted by Crippen LogP contribution is -2.45. The minimum atomic E-state index is -0.502. The first-order valence-corrected chi connectivity index (χ1v) is 10.1. The predicted molar refractivity (Wildman–Crippen MR) is 103 cm³/mol. The molecule has 0 radical (unpaired) electrons. The zero-order chi connectivity index (χ0) is 18.5. The first kappa shape index (κ1) is 19.0. The van der Waals surface area contributed by atoms with Gasteiger partial charge >= 0.3 is 12.0 Å². The molecule has 1 aliphatic carbocycles. The highest BCUT2D eigenvalue weighted by Crippen LogP contribution is 2.30. The average molecular weight is 421 g/mol. The maximum absolute atomic E-state index is 13.0. The Morgan fingerprint density at radius 2 is 1.69 bits per heavy atom. The largest absolute Gasteiger partial charge is 0.459 e. The zero-order valence-electron chi connectivity index (χ0n) is 15.0. The van der Waals surface area contributed by atoms with Crippen LogP contribution in [-0.4, -0.2) is 18.1 Å². The van der Waals surface area contributed by atoms with Gasteiger partial charge in [-0.1, -0.05) is 47.3 Å². The van der Waals surface area contributed by atoms with Gasteiger partial charge in [-0.25, -0.2) is 9.59 Å². The van der Waals surface area contributed by atoms with Gasteiger partial charge < -0.3 is 15.4 Å². The minimum Gasteiger partial charge on any atom is -0.459 e. The quantitative estimate of drug-likeness (QED) is 0.694. The Balaban J connectivity index is 1.81. The second-order valence-electron chi connectivity index (χ2n) is 6.99. The molecule has 140 valence electrons. The van der Waals surface area contributed by atoms with Crippen molar-refractivity contribution in [1.29, 1.82) is 0 Å². The molecule has 1 heterocycles. The number of benzene rings is 1. The van der Waals surface area contributed by atoms with Crippen LogP contribution in [0, 0.1) is 0 Å². The molecule has 0 spiro atoms. The van der Waals surface area contributed by atoms with Gasteiger partial charge in [-0.05, 0) is 50.3 Å². The smallest absolute Gasteiger partial charge is 0.338 e. The van der Waals surface area contributed by atoms with Crippen LogP contribution in [0.15, 0.2) is 40.0 Å². The van der Waals surface area contributed by atoms with Crippen molar-refractivity contribution in [3.8, 4) is 0 Å². The second-order valence-corrected chi connectivity index (χ2v) is 7.91. The molecule has 3 rings (SSSR count). The maximum atomic E-state index is 13.0. The summed E-state index contributed by atoms with van der Waals surface area (Å²) in [6, 6.07) is 6.79. The fourth-order valence-electron chi connectivity index (χ4n) is 3.62. The number of esters is 1. The van der Waals surface area contributed by atoms with Crippen LogP contribution in [0.4, 0.5) is 4.79 Å². The van der Waals surface area contributed by atoms with Gasteiger partial charge in [0.2, 0.25) is 0 Å². The van der Waals surface area contributed by atoms with Crippen molar-refractivity contribution in [3.63, 3.8) is 0 Å². The van der Waals surface area contributed by atoms with Crippen LogP contribution in [0.5, 0.6) is 0 Å². The standard InChI is InChI=1S/C20H25BrN2O3/c1-13-17(19(24)26-16-7-5-3-2-4-6-8-16)18(23-20(25)22-13)14-9-11-15(21)12-10-14/h9-12,16,18H,2-8H2,1H3,(H2,22,23,25)/t18-/m1/s1. The van der Waals surface area contributed by atoms with E-state index in [1.165, 1.54) is 19.3 Å². The van der Waals surface area contributed by atoms with Gasteiger partial charge in [0.15, 0.2) is 0 Å². The zero-order valence-corrected chi connectivity index (χ0v) is 16.6. The second kappa shape index (κ2) is 8.71. The molecule has 1 fully saturated rings. The molecule has 0 aromatic heterocycles. The van der Waals surface area contributed by atoms with Crippen LogP contribution in [0.1, 0.15) is 63.5 Å². The molecule has 1 aromatic rings. The lowest BCUT2D eigenvalue weighted by Gasteiger charge is -2.29. The highest BCUT2D eigenvalue weighted by atomic mass is 79.9. The van der Waals surface area contributed by atoms with E-state index in [2.05, 4.69) is 26.6 Å². The Kier molecular flexibility index (Phi) is 6.35. The molecule has 1 atom stereocenters. The average Bonchev–Trinajstić information content (AvgIpc) is 2.57. The van der Waals surface area contributed by atoms with E-state index in [4.69, 9.17) is 4.74 Å². The van der Waals surface area contributed by atoms with Gasteiger partial charge in [-0.15, -0.1) is 0 Å². The van der Waals surface area contributed by atoms with Crippen LogP contribution < -0.4 is 10.6 Å². The lowest BCUT2D eigenvalue weighted by molar-refractivity contribution is -0.145. The number of hydrogen-bond acceptors (Lipinski definition) is 3. The summed E-state index contributed by atoms with van der Waals surface area (Å²) in [7, 11) is 0. The van der Waals surface area contributed by atoms with Crippen LogP contribution >= 0.6 is 15.9 Å². The number of allylic oxidation sites excluding steroid dienone is 1. The van der Waals surface area contributed by atoms with Crippen molar-refractivity contribution in [2.45, 2.75) is 64.0 Å². The summed E-state index contributed by atoms with van der Waals surface area (Å²) < 4.78 is 6.80. The molecule has 2 aliphatic rings. The maximum Gasteiger partial charge on any atom is 0.338 e. The number of urea groups is 1. The molecule has 0 bridgehead atoms. The molecule has 2 amide bonds. The summed E-state index contributed by atoms with van der Waals surface area (Å²) in [5.41, 5.74) is 1.89. The molecule has 26 heavy (non-hydrogen) atoms. The van der Waals surface area contributed by atoms with Crippen LogP contribution in [0.3, 0.4) is 0 Å². The molecular formula is C20H25BrN2O3. The molecule has 1 aliphatic heterocycles. The van der Waals surface area contributed by atoms with E-state index in [1.54, 1.807) is 6.92 Å². The van der Waals surface area contributed by atoms with Crippen LogP contribution in [0.25, 0.3) is 0 Å². The van der Waals surface area contributed by atoms with Crippen molar-refractivity contribution < 1.29 is 14.3 Å². The third kappa shape index (κ3) is 4.67. The van der Waals surface area contributed by atoms with E-state index in [0.29, 0.717) is 11.3 Å². The Morgan fingerprint density at radius 3 is 2.35 bits per heavy atom. The van der Waals surface area contributed by atoms with Crippen molar-refractivity contribution in [1.82, 2.24) is 10.6 Å². The first-order chi connectivity index (χ1) is 12.5. The number of nitrogens with one attached hydrogen (secondary N) is 2.